The number of esters is 1. The van der Waals surface area contributed by atoms with E-state index in [1.807, 2.05) is 0 Å². The number of amidine groups is 1. The third-order valence-electron chi connectivity index (χ3n) is 6.48. The molecule has 2 atom stereocenters. The van der Waals surface area contributed by atoms with Crippen molar-refractivity contribution in [3.63, 3.8) is 0 Å². The molecule has 204 valence electrons. The van der Waals surface area contributed by atoms with Gasteiger partial charge in [-0.2, -0.15) is 0 Å². The predicted octanol–water partition coefficient (Wildman–Crippen LogP) is 5.06. The van der Waals surface area contributed by atoms with Gasteiger partial charge in [-0.3, -0.25) is 14.7 Å². The monoisotopic (exact) mass is 566 g/mol. The van der Waals surface area contributed by atoms with Crippen molar-refractivity contribution >= 4 is 40.7 Å². The molecule has 2 aliphatic rings. The fraction of sp³-hybridized carbons (Fsp3) is 0.462. The highest BCUT2D eigenvalue weighted by molar-refractivity contribution is 7.11. The van der Waals surface area contributed by atoms with E-state index < -0.39 is 36.5 Å². The number of nitrogens with zero attached hydrogens (tertiary/aromatic N) is 3. The summed E-state index contributed by atoms with van der Waals surface area (Å²) in [5.41, 5.74) is 1.20. The van der Waals surface area contributed by atoms with Crippen LogP contribution in [0, 0.1) is 0 Å². The molecular weight excluding hydrogens is 538 g/mol. The van der Waals surface area contributed by atoms with Crippen molar-refractivity contribution in [3.8, 4) is 0 Å². The number of nitrogens with one attached hydrogen (secondary N) is 1. The molecule has 2 aliphatic heterocycles. The Morgan fingerprint density at radius 2 is 2.11 bits per heavy atom. The standard InChI is InChI=1S/C26H29ClF2N4O4S/c1-2-37-25(36)21-19(14-33-15-26(28,29)13-16(33)7-3-6-10-20(34)35)31-23(24-30-11-12-38-24)32-22(21)17-8-4-5-9-18(17)27/h4-5,8-9,11-12,16,22H,2-3,6-7,10,13-15H2,1H3,(H,31,32)(H,34,35)/t16-,22+/m1/s1. The smallest absolute Gasteiger partial charge is 0.338 e. The van der Waals surface area contributed by atoms with E-state index in [9.17, 15) is 18.4 Å². The zero-order chi connectivity index (χ0) is 27.3. The molecule has 0 spiro atoms. The number of benzene rings is 1. The first kappa shape index (κ1) is 28.1. The van der Waals surface area contributed by atoms with Gasteiger partial charge in [-0.25, -0.2) is 18.6 Å². The number of aliphatic imine (C=N–C) groups is 1. The number of carboxylic acid groups (broad SMARTS) is 1. The second kappa shape index (κ2) is 12.3. The van der Waals surface area contributed by atoms with Gasteiger partial charge < -0.3 is 15.2 Å². The minimum absolute atomic E-state index is 0.00399. The van der Waals surface area contributed by atoms with Crippen molar-refractivity contribution in [2.75, 3.05) is 19.7 Å². The Morgan fingerprint density at radius 1 is 1.32 bits per heavy atom. The highest BCUT2D eigenvalue weighted by Gasteiger charge is 2.45. The van der Waals surface area contributed by atoms with E-state index in [2.05, 4.69) is 10.3 Å². The summed E-state index contributed by atoms with van der Waals surface area (Å²) in [6, 6.07) is 5.74. The molecule has 8 nitrogen and oxygen atoms in total. The Balaban J connectivity index is 1.71. The SMILES string of the molecule is CCOC(=O)C1=C(CN2CC(F)(F)C[C@H]2CCCCC(=O)O)NC(c2nccs2)=N[C@H]1c1ccccc1Cl. The molecule has 0 aliphatic carbocycles. The summed E-state index contributed by atoms with van der Waals surface area (Å²) in [5, 5.41) is 14.9. The lowest BCUT2D eigenvalue weighted by Gasteiger charge is -2.31. The van der Waals surface area contributed by atoms with E-state index in [1.54, 1.807) is 47.7 Å². The van der Waals surface area contributed by atoms with Gasteiger partial charge >= 0.3 is 11.9 Å². The number of carboxylic acids is 1. The normalized spacial score (nSPS) is 21.2. The van der Waals surface area contributed by atoms with Crippen LogP contribution in [-0.4, -0.2) is 64.4 Å². The number of rotatable bonds is 11. The number of aliphatic carboxylic acids is 1. The zero-order valence-electron chi connectivity index (χ0n) is 20.8. The topological polar surface area (TPSA) is 104 Å². The van der Waals surface area contributed by atoms with Crippen LogP contribution in [0.5, 0.6) is 0 Å². The van der Waals surface area contributed by atoms with Crippen LogP contribution in [0.15, 0.2) is 52.1 Å². The van der Waals surface area contributed by atoms with Gasteiger partial charge in [-0.1, -0.05) is 36.2 Å². The van der Waals surface area contributed by atoms with Crippen molar-refractivity contribution in [1.82, 2.24) is 15.2 Å². The number of carbonyl (C=O) groups excluding carboxylic acids is 1. The van der Waals surface area contributed by atoms with Crippen LogP contribution < -0.4 is 5.32 Å². The van der Waals surface area contributed by atoms with Gasteiger partial charge in [0.25, 0.3) is 5.92 Å². The molecule has 0 amide bonds. The minimum Gasteiger partial charge on any atom is -0.481 e. The Bertz CT molecular complexity index is 1220. The van der Waals surface area contributed by atoms with E-state index in [0.29, 0.717) is 46.4 Å². The van der Waals surface area contributed by atoms with Crippen LogP contribution in [-0.2, 0) is 14.3 Å². The van der Waals surface area contributed by atoms with Gasteiger partial charge in [0.1, 0.15) is 6.04 Å². The van der Waals surface area contributed by atoms with Crippen LogP contribution in [0.25, 0.3) is 0 Å². The summed E-state index contributed by atoms with van der Waals surface area (Å²) in [4.78, 5) is 34.9. The maximum absolute atomic E-state index is 14.6. The van der Waals surface area contributed by atoms with Crippen LogP contribution in [0.2, 0.25) is 5.02 Å². The summed E-state index contributed by atoms with van der Waals surface area (Å²) in [7, 11) is 0. The van der Waals surface area contributed by atoms with Crippen molar-refractivity contribution < 1.29 is 28.2 Å². The average Bonchev–Trinajstić information content (AvgIpc) is 3.49. The third kappa shape index (κ3) is 6.75. The van der Waals surface area contributed by atoms with Gasteiger partial charge in [-0.05, 0) is 25.8 Å². The molecule has 0 unspecified atom stereocenters. The largest absolute Gasteiger partial charge is 0.481 e. The lowest BCUT2D eigenvalue weighted by atomic mass is 9.95. The number of ether oxygens (including phenoxy) is 1. The minimum atomic E-state index is -2.90. The van der Waals surface area contributed by atoms with Crippen molar-refractivity contribution in [3.05, 3.63) is 62.7 Å². The Kier molecular flexibility index (Phi) is 9.11. The molecule has 1 fully saturated rings. The van der Waals surface area contributed by atoms with Crippen LogP contribution >= 0.6 is 22.9 Å². The first-order chi connectivity index (χ1) is 18.2. The lowest BCUT2D eigenvalue weighted by molar-refractivity contribution is -0.139. The van der Waals surface area contributed by atoms with Crippen LogP contribution in [0.3, 0.4) is 0 Å². The quantitative estimate of drug-likeness (QED) is 0.289. The number of likely N-dealkylation sites (tertiary alicyclic amines) is 1. The molecule has 2 aromatic rings. The zero-order valence-corrected chi connectivity index (χ0v) is 22.4. The Hall–Kier alpha value is -2.89. The summed E-state index contributed by atoms with van der Waals surface area (Å²) < 4.78 is 34.6. The average molecular weight is 567 g/mol. The van der Waals surface area contributed by atoms with Gasteiger partial charge in [0.2, 0.25) is 0 Å². The fourth-order valence-electron chi connectivity index (χ4n) is 4.83. The van der Waals surface area contributed by atoms with Crippen LogP contribution in [0.1, 0.15) is 55.6 Å². The number of hydrogen-bond acceptors (Lipinski definition) is 8. The summed E-state index contributed by atoms with van der Waals surface area (Å²) in [5.74, 6) is -4.00. The Labute approximate surface area is 228 Å². The number of thiazole rings is 1. The maximum atomic E-state index is 14.6. The van der Waals surface area contributed by atoms with Gasteiger partial charge in [0, 0.05) is 53.3 Å². The molecule has 0 radical (unpaired) electrons. The van der Waals surface area contributed by atoms with Crippen molar-refractivity contribution in [2.24, 2.45) is 4.99 Å². The maximum Gasteiger partial charge on any atom is 0.338 e. The van der Waals surface area contributed by atoms with E-state index >= 15 is 0 Å². The lowest BCUT2D eigenvalue weighted by Crippen LogP contribution is -2.41. The third-order valence-corrected chi connectivity index (χ3v) is 7.60. The van der Waals surface area contributed by atoms with E-state index in [0.717, 1.165) is 0 Å². The number of halogens is 3. The van der Waals surface area contributed by atoms with Crippen LogP contribution in [0.4, 0.5) is 8.78 Å². The second-order valence-corrected chi connectivity index (χ2v) is 10.5. The van der Waals surface area contributed by atoms with Crippen molar-refractivity contribution in [2.45, 2.75) is 57.0 Å². The summed E-state index contributed by atoms with van der Waals surface area (Å²) in [6.45, 7) is 1.37. The van der Waals surface area contributed by atoms with E-state index in [-0.39, 0.29) is 31.6 Å². The second-order valence-electron chi connectivity index (χ2n) is 9.24. The van der Waals surface area contributed by atoms with Crippen molar-refractivity contribution in [1.29, 1.82) is 0 Å². The van der Waals surface area contributed by atoms with E-state index in [4.69, 9.17) is 26.4 Å². The molecule has 38 heavy (non-hydrogen) atoms. The number of unbranched alkanes of at least 4 members (excludes halogenated alkanes) is 1. The molecule has 4 rings (SSSR count). The molecule has 0 bridgehead atoms. The van der Waals surface area contributed by atoms with E-state index in [1.165, 1.54) is 11.3 Å². The first-order valence-corrected chi connectivity index (χ1v) is 13.7. The van der Waals surface area contributed by atoms with Gasteiger partial charge in [-0.15, -0.1) is 11.3 Å². The fourth-order valence-corrected chi connectivity index (χ4v) is 5.66. The summed E-state index contributed by atoms with van der Waals surface area (Å²) >= 11 is 7.87. The molecule has 3 heterocycles. The summed E-state index contributed by atoms with van der Waals surface area (Å²) in [6.07, 6.45) is 2.64. The number of aromatic nitrogens is 1. The first-order valence-electron chi connectivity index (χ1n) is 12.4. The molecular formula is C26H29ClF2N4O4S. The number of carbonyl (C=O) groups is 2. The molecule has 1 saturated heterocycles. The predicted molar refractivity (Wildman–Crippen MR) is 141 cm³/mol. The van der Waals surface area contributed by atoms with Gasteiger partial charge in [0.15, 0.2) is 10.8 Å². The molecule has 0 saturated carbocycles. The highest BCUT2D eigenvalue weighted by Crippen LogP contribution is 2.39. The Morgan fingerprint density at radius 3 is 2.79 bits per heavy atom. The molecule has 2 N–H and O–H groups in total. The van der Waals surface area contributed by atoms with Gasteiger partial charge in [0.05, 0.1) is 18.7 Å². The number of alkyl halides is 2. The number of hydrogen-bond donors (Lipinski definition) is 2. The highest BCUT2D eigenvalue weighted by atomic mass is 35.5. The molecule has 12 heteroatoms. The molecule has 1 aromatic carbocycles. The molecule has 1 aromatic heterocycles.